The van der Waals surface area contributed by atoms with Gasteiger partial charge in [-0.3, -0.25) is 0 Å². The summed E-state index contributed by atoms with van der Waals surface area (Å²) in [6, 6.07) is 12.8. The fourth-order valence-electron chi connectivity index (χ4n) is 3.50. The maximum atomic E-state index is 4.93. The summed E-state index contributed by atoms with van der Waals surface area (Å²) in [7, 11) is 0. The lowest BCUT2D eigenvalue weighted by atomic mass is 9.86. The molecule has 2 heteroatoms. The fourth-order valence-corrected chi connectivity index (χ4v) is 3.50. The first-order valence-electron chi connectivity index (χ1n) is 7.26. The van der Waals surface area contributed by atoms with E-state index in [0.29, 0.717) is 11.8 Å². The van der Waals surface area contributed by atoms with Gasteiger partial charge in [-0.05, 0) is 29.9 Å². The van der Waals surface area contributed by atoms with Crippen molar-refractivity contribution in [2.45, 2.75) is 20.3 Å². The van der Waals surface area contributed by atoms with E-state index in [1.807, 2.05) is 0 Å². The Bertz CT molecular complexity index is 752. The summed E-state index contributed by atoms with van der Waals surface area (Å²) in [5.74, 6) is 2.13. The lowest BCUT2D eigenvalue weighted by molar-refractivity contribution is 0.506. The minimum absolute atomic E-state index is 0.471. The number of piperidine rings is 1. The zero-order valence-electron chi connectivity index (χ0n) is 11.9. The molecule has 2 atom stereocenters. The molecule has 2 nitrogen and oxygen atoms in total. The number of benzene rings is 2. The van der Waals surface area contributed by atoms with Crippen molar-refractivity contribution in [2.75, 3.05) is 4.90 Å². The average molecular weight is 262 g/mol. The van der Waals surface area contributed by atoms with E-state index < -0.39 is 0 Å². The zero-order valence-corrected chi connectivity index (χ0v) is 11.9. The number of allylic oxidation sites excluding steroid dienone is 1. The van der Waals surface area contributed by atoms with Crippen molar-refractivity contribution in [3.63, 3.8) is 0 Å². The molecule has 0 saturated carbocycles. The maximum Gasteiger partial charge on any atom is 0.116 e. The third-order valence-electron chi connectivity index (χ3n) is 4.57. The van der Waals surface area contributed by atoms with Gasteiger partial charge in [-0.2, -0.15) is 0 Å². The van der Waals surface area contributed by atoms with Gasteiger partial charge in [0, 0.05) is 17.0 Å². The minimum Gasteiger partial charge on any atom is -0.302 e. The molecule has 0 amide bonds. The predicted molar refractivity (Wildman–Crippen MR) is 85.6 cm³/mol. The number of fused-ring (bicyclic) bond motifs is 2. The molecule has 2 unspecified atom stereocenters. The first-order valence-corrected chi connectivity index (χ1v) is 7.26. The molecule has 0 bridgehead atoms. The summed E-state index contributed by atoms with van der Waals surface area (Å²) in [4.78, 5) is 7.22. The Morgan fingerprint density at radius 1 is 1.10 bits per heavy atom. The van der Waals surface area contributed by atoms with Crippen LogP contribution in [0.2, 0.25) is 0 Å². The lowest BCUT2D eigenvalue weighted by Crippen LogP contribution is -2.42. The van der Waals surface area contributed by atoms with E-state index >= 15 is 0 Å². The Morgan fingerprint density at radius 3 is 2.65 bits per heavy atom. The zero-order chi connectivity index (χ0) is 13.9. The highest BCUT2D eigenvalue weighted by atomic mass is 15.2. The third-order valence-corrected chi connectivity index (χ3v) is 4.57. The molecule has 4 rings (SSSR count). The van der Waals surface area contributed by atoms with Gasteiger partial charge in [0.25, 0.3) is 0 Å². The van der Waals surface area contributed by atoms with Gasteiger partial charge >= 0.3 is 0 Å². The summed E-state index contributed by atoms with van der Waals surface area (Å²) in [6.07, 6.45) is 1.13. The second-order valence-electron chi connectivity index (χ2n) is 5.99. The van der Waals surface area contributed by atoms with E-state index in [1.54, 1.807) is 0 Å². The minimum atomic E-state index is 0.471. The van der Waals surface area contributed by atoms with Crippen LogP contribution >= 0.6 is 0 Å². The van der Waals surface area contributed by atoms with Gasteiger partial charge in [0.05, 0.1) is 11.4 Å². The molecule has 2 aromatic rings. The number of amidine groups is 1. The van der Waals surface area contributed by atoms with Gasteiger partial charge in [0.15, 0.2) is 0 Å². The monoisotopic (exact) mass is 262 g/mol. The first kappa shape index (κ1) is 11.7. The van der Waals surface area contributed by atoms with E-state index in [2.05, 4.69) is 61.7 Å². The van der Waals surface area contributed by atoms with Crippen LogP contribution in [0.4, 0.5) is 11.4 Å². The molecule has 0 spiro atoms. The number of rotatable bonds is 0. The molecule has 2 aliphatic heterocycles. The summed E-state index contributed by atoms with van der Waals surface area (Å²) in [6.45, 7) is 8.85. The van der Waals surface area contributed by atoms with Gasteiger partial charge < -0.3 is 4.90 Å². The van der Waals surface area contributed by atoms with Crippen LogP contribution in [-0.4, -0.2) is 5.84 Å². The Hall–Kier alpha value is -2.09. The van der Waals surface area contributed by atoms with Crippen LogP contribution in [-0.2, 0) is 0 Å². The molecule has 2 aliphatic rings. The third kappa shape index (κ3) is 1.42. The number of hydrogen-bond donors (Lipinski definition) is 0. The van der Waals surface area contributed by atoms with Gasteiger partial charge in [-0.25, -0.2) is 4.99 Å². The first-order chi connectivity index (χ1) is 9.66. The molecule has 1 saturated heterocycles. The summed E-state index contributed by atoms with van der Waals surface area (Å²) in [5.41, 5.74) is 3.51. The van der Waals surface area contributed by atoms with Crippen molar-refractivity contribution in [1.29, 1.82) is 0 Å². The Labute approximate surface area is 119 Å². The van der Waals surface area contributed by atoms with Crippen LogP contribution < -0.4 is 4.90 Å². The van der Waals surface area contributed by atoms with Crippen molar-refractivity contribution in [3.8, 4) is 0 Å². The average Bonchev–Trinajstić information content (AvgIpc) is 2.45. The Morgan fingerprint density at radius 2 is 1.85 bits per heavy atom. The molecule has 0 aromatic heterocycles. The molecule has 0 radical (unpaired) electrons. The predicted octanol–water partition coefficient (Wildman–Crippen LogP) is 4.88. The lowest BCUT2D eigenvalue weighted by Gasteiger charge is -2.42. The van der Waals surface area contributed by atoms with Gasteiger partial charge in [0.2, 0.25) is 0 Å². The highest BCUT2D eigenvalue weighted by Crippen LogP contribution is 2.45. The van der Waals surface area contributed by atoms with Crippen molar-refractivity contribution >= 4 is 28.0 Å². The normalized spacial score (nSPS) is 24.6. The Balaban J connectivity index is 2.06. The highest BCUT2D eigenvalue weighted by molar-refractivity contribution is 6.17. The highest BCUT2D eigenvalue weighted by Gasteiger charge is 2.35. The molecule has 0 aliphatic carbocycles. The van der Waals surface area contributed by atoms with E-state index in [0.717, 1.165) is 17.9 Å². The van der Waals surface area contributed by atoms with Crippen LogP contribution in [0.5, 0.6) is 0 Å². The van der Waals surface area contributed by atoms with Crippen molar-refractivity contribution < 1.29 is 0 Å². The largest absolute Gasteiger partial charge is 0.302 e. The topological polar surface area (TPSA) is 15.6 Å². The van der Waals surface area contributed by atoms with Crippen molar-refractivity contribution in [2.24, 2.45) is 16.8 Å². The maximum absolute atomic E-state index is 4.93. The number of hydrogen-bond acceptors (Lipinski definition) is 2. The van der Waals surface area contributed by atoms with Gasteiger partial charge in [0.1, 0.15) is 5.84 Å². The molecular formula is C18H18N2. The molecule has 1 fully saturated rings. The molecule has 100 valence electrons. The summed E-state index contributed by atoms with van der Waals surface area (Å²) < 4.78 is 0. The van der Waals surface area contributed by atoms with E-state index in [1.165, 1.54) is 22.2 Å². The standard InChI is InChI=1S/C18H18N2/c1-11-10-12(2)18-19-15-8-4-6-14-7-5-9-16(17(14)15)20(18)13(11)3/h4-9,11-12H,3,10H2,1-2H3. The van der Waals surface area contributed by atoms with E-state index in [-0.39, 0.29) is 0 Å². The number of anilines is 1. The number of aliphatic imine (C=N–C) groups is 1. The molecule has 0 N–H and O–H groups in total. The number of nitrogens with zero attached hydrogens (tertiary/aromatic N) is 2. The van der Waals surface area contributed by atoms with Crippen LogP contribution in [0, 0.1) is 11.8 Å². The van der Waals surface area contributed by atoms with Crippen molar-refractivity contribution in [1.82, 2.24) is 0 Å². The molecule has 2 heterocycles. The van der Waals surface area contributed by atoms with E-state index in [9.17, 15) is 0 Å². The van der Waals surface area contributed by atoms with Gasteiger partial charge in [-0.15, -0.1) is 0 Å². The Kier molecular flexibility index (Phi) is 2.31. The molecular weight excluding hydrogens is 244 g/mol. The molecule has 2 aromatic carbocycles. The quantitative estimate of drug-likeness (QED) is 0.660. The molecule has 20 heavy (non-hydrogen) atoms. The van der Waals surface area contributed by atoms with Crippen molar-refractivity contribution in [3.05, 3.63) is 48.7 Å². The van der Waals surface area contributed by atoms with Crippen LogP contribution in [0.15, 0.2) is 53.7 Å². The van der Waals surface area contributed by atoms with E-state index in [4.69, 9.17) is 4.99 Å². The smallest absolute Gasteiger partial charge is 0.116 e. The fraction of sp³-hybridized carbons (Fsp3) is 0.278. The second kappa shape index (κ2) is 3.95. The van der Waals surface area contributed by atoms with Crippen LogP contribution in [0.25, 0.3) is 10.8 Å². The van der Waals surface area contributed by atoms with Crippen LogP contribution in [0.1, 0.15) is 20.3 Å². The second-order valence-corrected chi connectivity index (χ2v) is 5.99. The SMILES string of the molecule is C=C1C(C)CC(C)C2=Nc3cccc4cccc(c34)N12. The van der Waals surface area contributed by atoms with Crippen LogP contribution in [0.3, 0.4) is 0 Å². The van der Waals surface area contributed by atoms with Gasteiger partial charge in [-0.1, -0.05) is 44.7 Å². The summed E-state index contributed by atoms with van der Waals surface area (Å²) >= 11 is 0. The summed E-state index contributed by atoms with van der Waals surface area (Å²) in [5, 5.41) is 2.50.